The van der Waals surface area contributed by atoms with E-state index in [1.807, 2.05) is 6.07 Å². The minimum atomic E-state index is -1.18. The maximum Gasteiger partial charge on any atom is 0.255 e. The lowest BCUT2D eigenvalue weighted by Gasteiger charge is -2.08. The smallest absolute Gasteiger partial charge is 0.255 e. The van der Waals surface area contributed by atoms with E-state index in [0.717, 1.165) is 0 Å². The zero-order valence-electron chi connectivity index (χ0n) is 15.8. The number of rotatable bonds is 5. The number of para-hydroxylation sites is 2. The molecule has 1 N–H and O–H groups in total. The molecule has 4 rings (SSSR count). The average Bonchev–Trinajstić information content (AvgIpc) is 3.17. The standard InChI is InChI=1S/C23H13Cl2N3O3/c24-15-9-14(10-16(25)11-15)22(30)27-17-7-5-13(6-8-17)21(29)18(12-26)23-28-19-3-1-2-4-20(19)31-23/h1-11,18H,(H,27,30). The molecule has 0 aliphatic carbocycles. The van der Waals surface area contributed by atoms with Crippen molar-refractivity contribution in [1.29, 1.82) is 5.26 Å². The molecular weight excluding hydrogens is 437 g/mol. The molecule has 0 fully saturated rings. The molecule has 0 bridgehead atoms. The Morgan fingerprint density at radius 3 is 2.29 bits per heavy atom. The van der Waals surface area contributed by atoms with Gasteiger partial charge in [-0.3, -0.25) is 9.59 Å². The van der Waals surface area contributed by atoms with Crippen LogP contribution in [0, 0.1) is 11.3 Å². The third kappa shape index (κ3) is 4.43. The van der Waals surface area contributed by atoms with E-state index in [4.69, 9.17) is 27.6 Å². The zero-order valence-corrected chi connectivity index (χ0v) is 17.3. The summed E-state index contributed by atoms with van der Waals surface area (Å²) in [5.74, 6) is -1.98. The molecule has 0 aliphatic rings. The molecule has 1 aromatic heterocycles. The highest BCUT2D eigenvalue weighted by molar-refractivity contribution is 6.35. The maximum atomic E-state index is 12.8. The normalized spacial score (nSPS) is 11.6. The van der Waals surface area contributed by atoms with Crippen molar-refractivity contribution in [2.75, 3.05) is 5.32 Å². The van der Waals surface area contributed by atoms with Crippen LogP contribution in [0.2, 0.25) is 10.0 Å². The first-order valence-electron chi connectivity index (χ1n) is 9.11. The molecule has 0 saturated carbocycles. The SMILES string of the molecule is N#CC(C(=O)c1ccc(NC(=O)c2cc(Cl)cc(Cl)c2)cc1)c1nc2ccccc2o1. The third-order valence-electron chi connectivity index (χ3n) is 4.50. The molecule has 1 heterocycles. The Morgan fingerprint density at radius 1 is 0.968 bits per heavy atom. The molecule has 0 aliphatic heterocycles. The lowest BCUT2D eigenvalue weighted by atomic mass is 9.98. The molecule has 152 valence electrons. The van der Waals surface area contributed by atoms with Crippen LogP contribution in [0.4, 0.5) is 5.69 Å². The largest absolute Gasteiger partial charge is 0.439 e. The van der Waals surface area contributed by atoms with E-state index in [1.54, 1.807) is 36.4 Å². The number of halogens is 2. The second-order valence-corrected chi connectivity index (χ2v) is 7.51. The van der Waals surface area contributed by atoms with Crippen molar-refractivity contribution in [3.05, 3.63) is 93.8 Å². The van der Waals surface area contributed by atoms with Gasteiger partial charge in [-0.15, -0.1) is 0 Å². The monoisotopic (exact) mass is 449 g/mol. The molecule has 8 heteroatoms. The van der Waals surface area contributed by atoms with Gasteiger partial charge in [0.1, 0.15) is 5.52 Å². The highest BCUT2D eigenvalue weighted by atomic mass is 35.5. The Labute approximate surface area is 187 Å². The predicted octanol–water partition coefficient (Wildman–Crippen LogP) is 5.88. The van der Waals surface area contributed by atoms with E-state index in [9.17, 15) is 14.9 Å². The van der Waals surface area contributed by atoms with Gasteiger partial charge in [-0.25, -0.2) is 4.98 Å². The van der Waals surface area contributed by atoms with Crippen molar-refractivity contribution >= 4 is 51.7 Å². The minimum absolute atomic E-state index is 0.0453. The van der Waals surface area contributed by atoms with Crippen LogP contribution < -0.4 is 5.32 Å². The Kier molecular flexibility index (Phi) is 5.72. The van der Waals surface area contributed by atoms with Crippen molar-refractivity contribution in [3.8, 4) is 6.07 Å². The Hall–Kier alpha value is -3.66. The van der Waals surface area contributed by atoms with Crippen molar-refractivity contribution in [3.63, 3.8) is 0 Å². The average molecular weight is 450 g/mol. The number of amides is 1. The number of oxazole rings is 1. The summed E-state index contributed by atoms with van der Waals surface area (Å²) in [5, 5.41) is 12.9. The molecule has 31 heavy (non-hydrogen) atoms. The number of anilines is 1. The Bertz CT molecular complexity index is 1290. The van der Waals surface area contributed by atoms with E-state index in [1.165, 1.54) is 30.3 Å². The van der Waals surface area contributed by atoms with Gasteiger partial charge in [0, 0.05) is 26.9 Å². The van der Waals surface area contributed by atoms with Gasteiger partial charge in [-0.05, 0) is 54.6 Å². The van der Waals surface area contributed by atoms with E-state index >= 15 is 0 Å². The molecule has 0 saturated heterocycles. The number of hydrogen-bond acceptors (Lipinski definition) is 5. The minimum Gasteiger partial charge on any atom is -0.439 e. The lowest BCUT2D eigenvalue weighted by molar-refractivity contribution is 0.0969. The number of ketones is 1. The summed E-state index contributed by atoms with van der Waals surface area (Å²) in [5.41, 5.74) is 2.14. The number of hydrogen-bond donors (Lipinski definition) is 1. The fraction of sp³-hybridized carbons (Fsp3) is 0.0435. The highest BCUT2D eigenvalue weighted by Crippen LogP contribution is 2.25. The van der Waals surface area contributed by atoms with Gasteiger partial charge < -0.3 is 9.73 Å². The quantitative estimate of drug-likeness (QED) is 0.383. The van der Waals surface area contributed by atoms with Gasteiger partial charge in [0.2, 0.25) is 5.89 Å². The van der Waals surface area contributed by atoms with Crippen LogP contribution in [0.25, 0.3) is 11.1 Å². The number of nitrogens with zero attached hydrogens (tertiary/aromatic N) is 2. The zero-order chi connectivity index (χ0) is 22.0. The second kappa shape index (κ2) is 8.60. The number of Topliss-reactive ketones (excluding diaryl/α,β-unsaturated/α-hetero) is 1. The van der Waals surface area contributed by atoms with Gasteiger partial charge in [0.05, 0.1) is 6.07 Å². The van der Waals surface area contributed by atoms with E-state index in [2.05, 4.69) is 10.3 Å². The highest BCUT2D eigenvalue weighted by Gasteiger charge is 2.27. The van der Waals surface area contributed by atoms with Gasteiger partial charge in [-0.1, -0.05) is 35.3 Å². The first-order valence-corrected chi connectivity index (χ1v) is 9.87. The molecule has 6 nitrogen and oxygen atoms in total. The fourth-order valence-electron chi connectivity index (χ4n) is 3.01. The van der Waals surface area contributed by atoms with Crippen LogP contribution in [0.1, 0.15) is 32.5 Å². The first kappa shape index (κ1) is 20.6. The van der Waals surface area contributed by atoms with Crippen LogP contribution in [0.5, 0.6) is 0 Å². The van der Waals surface area contributed by atoms with Crippen LogP contribution in [0.3, 0.4) is 0 Å². The van der Waals surface area contributed by atoms with E-state index in [-0.39, 0.29) is 11.5 Å². The molecule has 1 amide bonds. The van der Waals surface area contributed by atoms with Crippen molar-refractivity contribution in [2.24, 2.45) is 0 Å². The second-order valence-electron chi connectivity index (χ2n) is 6.64. The summed E-state index contributed by atoms with van der Waals surface area (Å²) in [6, 6.07) is 19.7. The van der Waals surface area contributed by atoms with Crippen molar-refractivity contribution in [2.45, 2.75) is 5.92 Å². The number of carbonyl (C=O) groups excluding carboxylic acids is 2. The van der Waals surface area contributed by atoms with Crippen LogP contribution in [0.15, 0.2) is 71.1 Å². The van der Waals surface area contributed by atoms with Crippen molar-refractivity contribution in [1.82, 2.24) is 4.98 Å². The van der Waals surface area contributed by atoms with Gasteiger partial charge in [0.15, 0.2) is 17.3 Å². The number of benzene rings is 3. The molecule has 0 spiro atoms. The first-order chi connectivity index (χ1) is 14.9. The number of fused-ring (bicyclic) bond motifs is 1. The molecule has 4 aromatic rings. The molecule has 3 aromatic carbocycles. The Balaban J connectivity index is 1.52. The van der Waals surface area contributed by atoms with E-state index in [0.29, 0.717) is 32.4 Å². The van der Waals surface area contributed by atoms with Crippen LogP contribution in [-0.4, -0.2) is 16.7 Å². The lowest BCUT2D eigenvalue weighted by Crippen LogP contribution is -2.13. The molecule has 1 unspecified atom stereocenters. The molecule has 0 radical (unpaired) electrons. The molecular formula is C23H13Cl2N3O3. The summed E-state index contributed by atoms with van der Waals surface area (Å²) in [6.07, 6.45) is 0. The van der Waals surface area contributed by atoms with Gasteiger partial charge >= 0.3 is 0 Å². The summed E-state index contributed by atoms with van der Waals surface area (Å²) in [6.45, 7) is 0. The molecule has 1 atom stereocenters. The van der Waals surface area contributed by atoms with Crippen LogP contribution >= 0.6 is 23.2 Å². The van der Waals surface area contributed by atoms with Crippen molar-refractivity contribution < 1.29 is 14.0 Å². The summed E-state index contributed by atoms with van der Waals surface area (Å²) < 4.78 is 5.58. The third-order valence-corrected chi connectivity index (χ3v) is 4.94. The number of nitriles is 1. The van der Waals surface area contributed by atoms with Gasteiger partial charge in [0.25, 0.3) is 5.91 Å². The van der Waals surface area contributed by atoms with Gasteiger partial charge in [-0.2, -0.15) is 5.26 Å². The number of nitrogens with one attached hydrogen (secondary N) is 1. The topological polar surface area (TPSA) is 96.0 Å². The predicted molar refractivity (Wildman–Crippen MR) is 118 cm³/mol. The Morgan fingerprint density at radius 2 is 1.65 bits per heavy atom. The summed E-state index contributed by atoms with van der Waals surface area (Å²) >= 11 is 11.9. The summed E-state index contributed by atoms with van der Waals surface area (Å²) in [7, 11) is 0. The number of aromatic nitrogens is 1. The fourth-order valence-corrected chi connectivity index (χ4v) is 3.54. The van der Waals surface area contributed by atoms with Crippen LogP contribution in [-0.2, 0) is 0 Å². The summed E-state index contributed by atoms with van der Waals surface area (Å²) in [4.78, 5) is 29.5. The maximum absolute atomic E-state index is 12.8. The number of carbonyl (C=O) groups is 2. The van der Waals surface area contributed by atoms with E-state index < -0.39 is 17.6 Å².